The van der Waals surface area contributed by atoms with Gasteiger partial charge < -0.3 is 18.6 Å². The van der Waals surface area contributed by atoms with Gasteiger partial charge in [-0.3, -0.25) is 0 Å². The maximum absolute atomic E-state index is 12.1. The van der Waals surface area contributed by atoms with E-state index in [1.54, 1.807) is 30.3 Å². The van der Waals surface area contributed by atoms with Crippen molar-refractivity contribution < 1.29 is 23.4 Å². The Bertz CT molecular complexity index is 1120. The summed E-state index contributed by atoms with van der Waals surface area (Å²) in [6.45, 7) is 2.66. The van der Waals surface area contributed by atoms with E-state index in [0.717, 1.165) is 11.1 Å². The van der Waals surface area contributed by atoms with Gasteiger partial charge in [0.25, 0.3) is 5.90 Å². The van der Waals surface area contributed by atoms with Crippen molar-refractivity contribution in [2.75, 3.05) is 6.61 Å². The Labute approximate surface area is 178 Å². The zero-order valence-electron chi connectivity index (χ0n) is 16.1. The number of benzene rings is 2. The van der Waals surface area contributed by atoms with Gasteiger partial charge in [0.1, 0.15) is 6.61 Å². The van der Waals surface area contributed by atoms with Crippen LogP contribution in [0.2, 0.25) is 5.02 Å². The third kappa shape index (κ3) is 4.39. The largest absolute Gasteiger partial charge is 0.490 e. The molecule has 3 aromatic rings. The maximum Gasteiger partial charge on any atom is 0.363 e. The SMILES string of the molecule is CCOc1cc(/C=C2\N=C(c3ccco3)OC2=O)ccc1OCc1ccccc1Cl. The number of rotatable bonds is 7. The van der Waals surface area contributed by atoms with Crippen LogP contribution >= 0.6 is 11.6 Å². The first-order chi connectivity index (χ1) is 14.6. The number of cyclic esters (lactones) is 1. The molecule has 0 atom stereocenters. The highest BCUT2D eigenvalue weighted by atomic mass is 35.5. The molecule has 0 N–H and O–H groups in total. The lowest BCUT2D eigenvalue weighted by molar-refractivity contribution is -0.130. The third-order valence-electron chi connectivity index (χ3n) is 4.26. The van der Waals surface area contributed by atoms with Gasteiger partial charge in [0, 0.05) is 10.6 Å². The summed E-state index contributed by atoms with van der Waals surface area (Å²) in [4.78, 5) is 16.4. The van der Waals surface area contributed by atoms with Crippen molar-refractivity contribution in [1.29, 1.82) is 0 Å². The first kappa shape index (κ1) is 19.8. The van der Waals surface area contributed by atoms with Crippen molar-refractivity contribution in [2.24, 2.45) is 4.99 Å². The van der Waals surface area contributed by atoms with Crippen LogP contribution in [0.5, 0.6) is 11.5 Å². The molecule has 0 radical (unpaired) electrons. The monoisotopic (exact) mass is 423 g/mol. The molecular formula is C23H18ClNO5. The predicted octanol–water partition coefficient (Wildman–Crippen LogP) is 5.26. The Hall–Kier alpha value is -3.51. The van der Waals surface area contributed by atoms with Crippen LogP contribution in [-0.4, -0.2) is 18.5 Å². The second kappa shape index (κ2) is 8.88. The standard InChI is InChI=1S/C23H18ClNO5/c1-2-27-21-13-15(9-10-19(21)29-14-16-6-3-4-7-17(16)24)12-18-23(26)30-22(25-18)20-8-5-11-28-20/h3-13H,2,14H2,1H3/b18-12-. The Morgan fingerprint density at radius 2 is 1.93 bits per heavy atom. The van der Waals surface area contributed by atoms with E-state index in [-0.39, 0.29) is 11.6 Å². The highest BCUT2D eigenvalue weighted by Crippen LogP contribution is 2.31. The van der Waals surface area contributed by atoms with Crippen LogP contribution in [0.15, 0.2) is 76.0 Å². The third-order valence-corrected chi connectivity index (χ3v) is 4.63. The summed E-state index contributed by atoms with van der Waals surface area (Å²) in [6.07, 6.45) is 3.11. The molecule has 0 unspecified atom stereocenters. The second-order valence-electron chi connectivity index (χ2n) is 6.33. The predicted molar refractivity (Wildman–Crippen MR) is 113 cm³/mol. The fourth-order valence-electron chi connectivity index (χ4n) is 2.85. The molecule has 0 fully saturated rings. The van der Waals surface area contributed by atoms with E-state index in [4.69, 9.17) is 30.2 Å². The summed E-state index contributed by atoms with van der Waals surface area (Å²) in [7, 11) is 0. The minimum atomic E-state index is -0.543. The smallest absolute Gasteiger partial charge is 0.363 e. The van der Waals surface area contributed by atoms with Crippen molar-refractivity contribution in [1.82, 2.24) is 0 Å². The fourth-order valence-corrected chi connectivity index (χ4v) is 3.04. The van der Waals surface area contributed by atoms with E-state index in [1.165, 1.54) is 6.26 Å². The zero-order chi connectivity index (χ0) is 20.9. The van der Waals surface area contributed by atoms with Gasteiger partial charge in [-0.1, -0.05) is 35.9 Å². The summed E-state index contributed by atoms with van der Waals surface area (Å²) in [6, 6.07) is 16.2. The molecule has 6 nitrogen and oxygen atoms in total. The number of halogens is 1. The molecular weight excluding hydrogens is 406 g/mol. The van der Waals surface area contributed by atoms with Crippen molar-refractivity contribution in [3.8, 4) is 11.5 Å². The highest BCUT2D eigenvalue weighted by Gasteiger charge is 2.25. The Kier molecular flexibility index (Phi) is 5.86. The number of aliphatic imine (C=N–C) groups is 1. The molecule has 0 spiro atoms. The average molecular weight is 424 g/mol. The summed E-state index contributed by atoms with van der Waals surface area (Å²) in [5.74, 6) is 1.12. The topological polar surface area (TPSA) is 70.3 Å². The first-order valence-electron chi connectivity index (χ1n) is 9.33. The van der Waals surface area contributed by atoms with E-state index in [9.17, 15) is 4.79 Å². The Morgan fingerprint density at radius 3 is 2.70 bits per heavy atom. The van der Waals surface area contributed by atoms with Crippen LogP contribution in [0.3, 0.4) is 0 Å². The molecule has 1 aliphatic heterocycles. The molecule has 30 heavy (non-hydrogen) atoms. The van der Waals surface area contributed by atoms with Gasteiger partial charge in [-0.15, -0.1) is 0 Å². The molecule has 0 saturated heterocycles. The summed E-state index contributed by atoms with van der Waals surface area (Å²) < 4.78 is 22.0. The lowest BCUT2D eigenvalue weighted by atomic mass is 10.1. The molecule has 152 valence electrons. The first-order valence-corrected chi connectivity index (χ1v) is 9.71. The van der Waals surface area contributed by atoms with Crippen LogP contribution in [0.4, 0.5) is 0 Å². The van der Waals surface area contributed by atoms with Crippen LogP contribution in [0.1, 0.15) is 23.8 Å². The Balaban J connectivity index is 1.56. The number of carbonyl (C=O) groups excluding carboxylic acids is 1. The van der Waals surface area contributed by atoms with Crippen LogP contribution < -0.4 is 9.47 Å². The number of furan rings is 1. The highest BCUT2D eigenvalue weighted by molar-refractivity contribution is 6.31. The zero-order valence-corrected chi connectivity index (χ0v) is 16.9. The lowest BCUT2D eigenvalue weighted by Gasteiger charge is -2.13. The van der Waals surface area contributed by atoms with E-state index < -0.39 is 5.97 Å². The van der Waals surface area contributed by atoms with Crippen molar-refractivity contribution in [3.05, 3.63) is 88.5 Å². The van der Waals surface area contributed by atoms with E-state index in [0.29, 0.717) is 35.5 Å². The Morgan fingerprint density at radius 1 is 1.07 bits per heavy atom. The van der Waals surface area contributed by atoms with E-state index >= 15 is 0 Å². The van der Waals surface area contributed by atoms with Crippen molar-refractivity contribution in [2.45, 2.75) is 13.5 Å². The van der Waals surface area contributed by atoms with Crippen LogP contribution in [-0.2, 0) is 16.1 Å². The average Bonchev–Trinajstić information content (AvgIpc) is 3.39. The molecule has 7 heteroatoms. The number of ether oxygens (including phenoxy) is 3. The van der Waals surface area contributed by atoms with Gasteiger partial charge in [0.15, 0.2) is 23.0 Å². The molecule has 4 rings (SSSR count). The minimum Gasteiger partial charge on any atom is -0.490 e. The molecule has 0 amide bonds. The molecule has 1 aliphatic rings. The van der Waals surface area contributed by atoms with Crippen molar-refractivity contribution in [3.63, 3.8) is 0 Å². The summed E-state index contributed by atoms with van der Waals surface area (Å²) in [5.41, 5.74) is 1.77. The quantitative estimate of drug-likeness (QED) is 0.383. The molecule has 0 saturated carbocycles. The number of esters is 1. The molecule has 0 bridgehead atoms. The number of nitrogens with zero attached hydrogens (tertiary/aromatic N) is 1. The summed E-state index contributed by atoms with van der Waals surface area (Å²) in [5, 5.41) is 0.641. The normalized spacial score (nSPS) is 14.5. The fraction of sp³-hybridized carbons (Fsp3) is 0.130. The van der Waals surface area contributed by atoms with Gasteiger partial charge in [0.05, 0.1) is 12.9 Å². The maximum atomic E-state index is 12.1. The molecule has 1 aromatic heterocycles. The minimum absolute atomic E-state index is 0.140. The van der Waals surface area contributed by atoms with Gasteiger partial charge in [-0.05, 0) is 48.9 Å². The van der Waals surface area contributed by atoms with Gasteiger partial charge in [-0.25, -0.2) is 9.79 Å². The summed E-state index contributed by atoms with van der Waals surface area (Å²) >= 11 is 6.19. The number of hydrogen-bond donors (Lipinski definition) is 0. The molecule has 2 aromatic carbocycles. The molecule has 0 aliphatic carbocycles. The number of carbonyl (C=O) groups is 1. The van der Waals surface area contributed by atoms with Crippen LogP contribution in [0.25, 0.3) is 6.08 Å². The van der Waals surface area contributed by atoms with E-state index in [1.807, 2.05) is 37.3 Å². The van der Waals surface area contributed by atoms with E-state index in [2.05, 4.69) is 4.99 Å². The lowest BCUT2D eigenvalue weighted by Crippen LogP contribution is -2.04. The second-order valence-corrected chi connectivity index (χ2v) is 6.74. The van der Waals surface area contributed by atoms with Gasteiger partial charge in [0.2, 0.25) is 0 Å². The van der Waals surface area contributed by atoms with Crippen LogP contribution in [0, 0.1) is 0 Å². The van der Waals surface area contributed by atoms with Gasteiger partial charge >= 0.3 is 5.97 Å². The number of hydrogen-bond acceptors (Lipinski definition) is 6. The van der Waals surface area contributed by atoms with Crippen molar-refractivity contribution >= 4 is 29.5 Å². The molecule has 2 heterocycles. The van der Waals surface area contributed by atoms with Gasteiger partial charge in [-0.2, -0.15) is 0 Å².